The van der Waals surface area contributed by atoms with Crippen molar-refractivity contribution in [2.45, 2.75) is 151 Å². The van der Waals surface area contributed by atoms with Crippen LogP contribution in [-0.4, -0.2) is 63.1 Å². The van der Waals surface area contributed by atoms with Gasteiger partial charge in [0.05, 0.1) is 13.2 Å². The molecule has 6 aromatic carbocycles. The Hall–Kier alpha value is -5.60. The fourth-order valence-electron chi connectivity index (χ4n) is 10.5. The minimum atomic E-state index is -0.816. The second kappa shape index (κ2) is 20.4. The fourth-order valence-corrected chi connectivity index (χ4v) is 10.5. The average Bonchev–Trinajstić information content (AvgIpc) is 4.28. The van der Waals surface area contributed by atoms with E-state index in [4.69, 9.17) is 28.4 Å². The highest BCUT2D eigenvalue weighted by atomic mass is 16.6. The van der Waals surface area contributed by atoms with Crippen LogP contribution >= 0.6 is 0 Å². The summed E-state index contributed by atoms with van der Waals surface area (Å²) in [5.41, 5.74) is 17.8. The number of epoxide rings is 2. The van der Waals surface area contributed by atoms with Gasteiger partial charge < -0.3 is 33.5 Å². The molecule has 6 aromatic rings. The molecule has 2 atom stereocenters. The van der Waals surface area contributed by atoms with Crippen LogP contribution in [0.4, 0.5) is 0 Å². The predicted molar refractivity (Wildman–Crippen MR) is 293 cm³/mol. The van der Waals surface area contributed by atoms with Crippen LogP contribution in [0.5, 0.6) is 23.0 Å². The first-order chi connectivity index (χ1) is 33.9. The Labute approximate surface area is 431 Å². The second-order valence-corrected chi connectivity index (χ2v) is 23.2. The third-order valence-corrected chi connectivity index (χ3v) is 15.9. The normalized spacial score (nSPS) is 16.3. The van der Waals surface area contributed by atoms with Gasteiger partial charge >= 0.3 is 0 Å². The van der Waals surface area contributed by atoms with Gasteiger partial charge in [0.25, 0.3) is 0 Å². The van der Waals surface area contributed by atoms with Crippen molar-refractivity contribution in [2.75, 3.05) is 39.6 Å². The van der Waals surface area contributed by atoms with E-state index in [1.165, 1.54) is 44.5 Å². The summed E-state index contributed by atoms with van der Waals surface area (Å²) in [6.45, 7) is 38.2. The lowest BCUT2D eigenvalue weighted by atomic mass is 9.74. The molecule has 2 unspecified atom stereocenters. The van der Waals surface area contributed by atoms with Crippen molar-refractivity contribution >= 4 is 0 Å². The minimum absolute atomic E-state index is 0.122. The Kier molecular flexibility index (Phi) is 14.9. The standard InChI is InChI=1S/C65H80O7/c1-39-25-51(62(9,10)47-17-21-49(22-18-47)64(13,14)53-29-43(5)60(44(6)30-53)71-37-56-35-67-56)26-40(2)58(39)69-33-55(66)34-70-59-41(3)27-52(28-42(59)4)63(11,12)48-19-23-50(24-20-48)65(15,16)54-31-45(7)61(46(8)32-54)72-38-57-36-68-57/h17-32,55-57,66H,33-38H2,1-16H3. The van der Waals surface area contributed by atoms with E-state index in [0.717, 1.165) is 80.7 Å². The third kappa shape index (κ3) is 11.1. The Morgan fingerprint density at radius 3 is 0.764 bits per heavy atom. The molecular formula is C65H80O7. The highest BCUT2D eigenvalue weighted by Gasteiger charge is 2.32. The van der Waals surface area contributed by atoms with E-state index in [1.807, 2.05) is 0 Å². The van der Waals surface area contributed by atoms with Gasteiger partial charge in [-0.05, 0) is 144 Å². The van der Waals surface area contributed by atoms with Crippen LogP contribution in [0.3, 0.4) is 0 Å². The van der Waals surface area contributed by atoms with Crippen LogP contribution in [0.15, 0.2) is 97.1 Å². The maximum Gasteiger partial charge on any atom is 0.125 e. The van der Waals surface area contributed by atoms with Crippen molar-refractivity contribution in [3.8, 4) is 23.0 Å². The Balaban J connectivity index is 0.872. The first kappa shape index (κ1) is 52.7. The smallest absolute Gasteiger partial charge is 0.125 e. The quantitative estimate of drug-likeness (QED) is 0.0763. The number of ether oxygens (including phenoxy) is 6. The van der Waals surface area contributed by atoms with E-state index in [2.05, 4.69) is 208 Å². The molecule has 0 aliphatic carbocycles. The molecular weight excluding hydrogens is 893 g/mol. The van der Waals surface area contributed by atoms with Crippen LogP contribution in [0, 0.1) is 55.4 Å². The summed E-state index contributed by atoms with van der Waals surface area (Å²) in [5, 5.41) is 11.2. The second-order valence-electron chi connectivity index (χ2n) is 23.2. The highest BCUT2D eigenvalue weighted by Crippen LogP contribution is 2.42. The zero-order chi connectivity index (χ0) is 52.1. The lowest BCUT2D eigenvalue weighted by molar-refractivity contribution is 0.0617. The summed E-state index contributed by atoms with van der Waals surface area (Å²) >= 11 is 0. The first-order valence-corrected chi connectivity index (χ1v) is 26.0. The largest absolute Gasteiger partial charge is 0.490 e. The summed E-state index contributed by atoms with van der Waals surface area (Å²) in [4.78, 5) is 0. The molecule has 0 spiro atoms. The molecule has 2 fully saturated rings. The van der Waals surface area contributed by atoms with Gasteiger partial charge in [0.2, 0.25) is 0 Å². The van der Waals surface area contributed by atoms with E-state index in [0.29, 0.717) is 13.2 Å². The number of aliphatic hydroxyl groups is 1. The zero-order valence-corrected chi connectivity index (χ0v) is 46.1. The molecule has 72 heavy (non-hydrogen) atoms. The van der Waals surface area contributed by atoms with Gasteiger partial charge in [-0.2, -0.15) is 0 Å². The summed E-state index contributed by atoms with van der Waals surface area (Å²) in [6, 6.07) is 36.2. The fraction of sp³-hybridized carbons (Fsp3) is 0.446. The molecule has 382 valence electrons. The summed E-state index contributed by atoms with van der Waals surface area (Å²) < 4.78 is 35.7. The number of rotatable bonds is 20. The first-order valence-electron chi connectivity index (χ1n) is 26.0. The van der Waals surface area contributed by atoms with Crippen molar-refractivity contribution < 1.29 is 33.5 Å². The van der Waals surface area contributed by atoms with Crippen molar-refractivity contribution in [1.82, 2.24) is 0 Å². The topological polar surface area (TPSA) is 82.2 Å². The molecule has 7 nitrogen and oxygen atoms in total. The van der Waals surface area contributed by atoms with Crippen LogP contribution in [-0.2, 0) is 31.1 Å². The van der Waals surface area contributed by atoms with Gasteiger partial charge in [0, 0.05) is 21.7 Å². The van der Waals surface area contributed by atoms with Crippen molar-refractivity contribution in [3.05, 3.63) is 186 Å². The van der Waals surface area contributed by atoms with Crippen molar-refractivity contribution in [3.63, 3.8) is 0 Å². The number of hydrogen-bond donors (Lipinski definition) is 1. The molecule has 7 heteroatoms. The summed E-state index contributed by atoms with van der Waals surface area (Å²) in [6.07, 6.45) is -0.359. The number of aryl methyl sites for hydroxylation is 8. The Morgan fingerprint density at radius 1 is 0.375 bits per heavy atom. The molecule has 0 radical (unpaired) electrons. The average molecular weight is 973 g/mol. The maximum absolute atomic E-state index is 11.2. The van der Waals surface area contributed by atoms with Crippen LogP contribution < -0.4 is 18.9 Å². The van der Waals surface area contributed by atoms with Gasteiger partial charge in [-0.1, -0.05) is 152 Å². The van der Waals surface area contributed by atoms with Gasteiger partial charge in [0.15, 0.2) is 0 Å². The summed E-state index contributed by atoms with van der Waals surface area (Å²) in [5.74, 6) is 3.53. The van der Waals surface area contributed by atoms with E-state index in [9.17, 15) is 5.11 Å². The van der Waals surface area contributed by atoms with Crippen LogP contribution in [0.2, 0.25) is 0 Å². The minimum Gasteiger partial charge on any atom is -0.490 e. The Morgan fingerprint density at radius 2 is 0.569 bits per heavy atom. The Bertz CT molecular complexity index is 2620. The predicted octanol–water partition coefficient (Wildman–Crippen LogP) is 13.8. The molecule has 1 N–H and O–H groups in total. The molecule has 8 rings (SSSR count). The van der Waals surface area contributed by atoms with E-state index in [1.54, 1.807) is 0 Å². The molecule has 2 aliphatic rings. The van der Waals surface area contributed by atoms with Gasteiger partial charge in [-0.25, -0.2) is 0 Å². The van der Waals surface area contributed by atoms with E-state index in [-0.39, 0.29) is 47.1 Å². The molecule has 2 saturated heterocycles. The molecule has 0 amide bonds. The van der Waals surface area contributed by atoms with Crippen molar-refractivity contribution in [2.24, 2.45) is 0 Å². The van der Waals surface area contributed by atoms with Crippen molar-refractivity contribution in [1.29, 1.82) is 0 Å². The zero-order valence-electron chi connectivity index (χ0n) is 46.1. The van der Waals surface area contributed by atoms with Gasteiger partial charge in [-0.15, -0.1) is 0 Å². The van der Waals surface area contributed by atoms with Crippen LogP contribution in [0.1, 0.15) is 144 Å². The highest BCUT2D eigenvalue weighted by molar-refractivity contribution is 5.54. The third-order valence-electron chi connectivity index (χ3n) is 15.9. The maximum atomic E-state index is 11.2. The molecule has 0 bridgehead atoms. The number of aliphatic hydroxyl groups excluding tert-OH is 1. The van der Waals surface area contributed by atoms with E-state index < -0.39 is 6.10 Å². The summed E-state index contributed by atoms with van der Waals surface area (Å²) in [7, 11) is 0. The van der Waals surface area contributed by atoms with E-state index >= 15 is 0 Å². The monoisotopic (exact) mass is 973 g/mol. The number of benzene rings is 6. The number of hydrogen-bond acceptors (Lipinski definition) is 7. The van der Waals surface area contributed by atoms with Gasteiger partial charge in [-0.3, -0.25) is 0 Å². The molecule has 2 heterocycles. The van der Waals surface area contributed by atoms with Gasteiger partial charge in [0.1, 0.15) is 67.7 Å². The molecule has 2 aliphatic heterocycles. The lowest BCUT2D eigenvalue weighted by Crippen LogP contribution is -2.26. The molecule has 0 saturated carbocycles. The molecule has 0 aromatic heterocycles. The lowest BCUT2D eigenvalue weighted by Gasteiger charge is -2.31. The van der Waals surface area contributed by atoms with Crippen LogP contribution in [0.25, 0.3) is 0 Å². The SMILES string of the molecule is Cc1cc(C(C)(C)c2ccc(C(C)(C)c3cc(C)c(OCC4CO4)c(C)c3)cc2)cc(C)c1OCC(O)COc1c(C)cc(C(C)(C)c2ccc(C(C)(C)c3cc(C)c(OCC4CO4)c(C)c3)cc2)cc1C.